The lowest BCUT2D eigenvalue weighted by Crippen LogP contribution is -2.43. The second-order valence-electron chi connectivity index (χ2n) is 4.37. The van der Waals surface area contributed by atoms with Crippen molar-refractivity contribution < 1.29 is 8.42 Å². The molecule has 0 radical (unpaired) electrons. The van der Waals surface area contributed by atoms with Gasteiger partial charge in [-0.15, -0.1) is 0 Å². The highest BCUT2D eigenvalue weighted by molar-refractivity contribution is 9.10. The fourth-order valence-electron chi connectivity index (χ4n) is 1.72. The van der Waals surface area contributed by atoms with E-state index in [-0.39, 0.29) is 6.04 Å². The first-order valence-electron chi connectivity index (χ1n) is 5.87. The van der Waals surface area contributed by atoms with E-state index in [1.54, 1.807) is 13.1 Å². The number of likely N-dealkylation sites (N-methyl/N-ethyl adjacent to an activating group) is 1. The summed E-state index contributed by atoms with van der Waals surface area (Å²) in [5.41, 5.74) is 0.889. The van der Waals surface area contributed by atoms with Crippen LogP contribution < -0.4 is 5.32 Å². The Morgan fingerprint density at radius 1 is 1.44 bits per heavy atom. The summed E-state index contributed by atoms with van der Waals surface area (Å²) in [5, 5.41) is 2.79. The maximum atomic E-state index is 11.6. The molecule has 1 aromatic heterocycles. The molecule has 1 heterocycles. The van der Waals surface area contributed by atoms with Crippen LogP contribution in [0.4, 0.5) is 0 Å². The van der Waals surface area contributed by atoms with E-state index in [4.69, 9.17) is 0 Å². The molecule has 0 aromatic carbocycles. The zero-order chi connectivity index (χ0) is 13.8. The minimum atomic E-state index is -3.05. The van der Waals surface area contributed by atoms with Gasteiger partial charge in [0, 0.05) is 35.1 Å². The van der Waals surface area contributed by atoms with E-state index in [2.05, 4.69) is 26.2 Å². The molecule has 1 aromatic rings. The predicted octanol–water partition coefficient (Wildman–Crippen LogP) is 1.80. The fourth-order valence-corrected chi connectivity index (χ4v) is 2.74. The SMILES string of the molecule is CCNC(Cc1ccc(Br)cn1)C(C)S(C)(=O)=O. The zero-order valence-electron chi connectivity index (χ0n) is 10.9. The van der Waals surface area contributed by atoms with Gasteiger partial charge >= 0.3 is 0 Å². The van der Waals surface area contributed by atoms with Gasteiger partial charge in [0.2, 0.25) is 0 Å². The molecule has 1 N–H and O–H groups in total. The second-order valence-corrected chi connectivity index (χ2v) is 7.69. The maximum absolute atomic E-state index is 11.6. The summed E-state index contributed by atoms with van der Waals surface area (Å²) in [6.45, 7) is 4.44. The molecule has 0 amide bonds. The zero-order valence-corrected chi connectivity index (χ0v) is 13.3. The fraction of sp³-hybridized carbons (Fsp3) is 0.583. The van der Waals surface area contributed by atoms with Crippen LogP contribution in [0.5, 0.6) is 0 Å². The van der Waals surface area contributed by atoms with Crippen LogP contribution in [0.15, 0.2) is 22.8 Å². The van der Waals surface area contributed by atoms with Crippen molar-refractivity contribution in [1.29, 1.82) is 0 Å². The molecule has 2 unspecified atom stereocenters. The van der Waals surface area contributed by atoms with Gasteiger partial charge in [0.1, 0.15) is 0 Å². The molecule has 6 heteroatoms. The topological polar surface area (TPSA) is 59.1 Å². The number of nitrogens with zero attached hydrogens (tertiary/aromatic N) is 1. The largest absolute Gasteiger partial charge is 0.313 e. The van der Waals surface area contributed by atoms with Gasteiger partial charge in [0.05, 0.1) is 5.25 Å². The van der Waals surface area contributed by atoms with Gasteiger partial charge in [-0.05, 0) is 41.5 Å². The van der Waals surface area contributed by atoms with Crippen LogP contribution in [0.25, 0.3) is 0 Å². The lowest BCUT2D eigenvalue weighted by Gasteiger charge is -2.23. The molecule has 0 bridgehead atoms. The predicted molar refractivity (Wildman–Crippen MR) is 77.4 cm³/mol. The summed E-state index contributed by atoms with van der Waals surface area (Å²) in [4.78, 5) is 4.28. The Morgan fingerprint density at radius 3 is 2.56 bits per heavy atom. The standard InChI is InChI=1S/C12H19BrN2O2S/c1-4-14-12(9(2)18(3,16)17)7-11-6-5-10(13)8-15-11/h5-6,8-9,12,14H,4,7H2,1-3H3. The highest BCUT2D eigenvalue weighted by Gasteiger charge is 2.25. The number of sulfone groups is 1. The van der Waals surface area contributed by atoms with Gasteiger partial charge < -0.3 is 5.32 Å². The number of hydrogen-bond acceptors (Lipinski definition) is 4. The smallest absolute Gasteiger partial charge is 0.151 e. The Balaban J connectivity index is 2.83. The summed E-state index contributed by atoms with van der Waals surface area (Å²) in [7, 11) is -3.05. The first-order valence-corrected chi connectivity index (χ1v) is 8.62. The summed E-state index contributed by atoms with van der Waals surface area (Å²) in [6.07, 6.45) is 3.61. The molecule has 0 saturated heterocycles. The quantitative estimate of drug-likeness (QED) is 0.861. The molecule has 0 spiro atoms. The van der Waals surface area contributed by atoms with E-state index in [1.807, 2.05) is 19.1 Å². The average molecular weight is 335 g/mol. The van der Waals surface area contributed by atoms with Crippen LogP contribution in [0.1, 0.15) is 19.5 Å². The van der Waals surface area contributed by atoms with Crippen molar-refractivity contribution in [3.63, 3.8) is 0 Å². The Bertz CT molecular complexity index is 473. The van der Waals surface area contributed by atoms with E-state index >= 15 is 0 Å². The highest BCUT2D eigenvalue weighted by Crippen LogP contribution is 2.12. The summed E-state index contributed by atoms with van der Waals surface area (Å²) in [5.74, 6) is 0. The van der Waals surface area contributed by atoms with Crippen LogP contribution in [0.2, 0.25) is 0 Å². The summed E-state index contributed by atoms with van der Waals surface area (Å²) in [6, 6.07) is 3.71. The highest BCUT2D eigenvalue weighted by atomic mass is 79.9. The lowest BCUT2D eigenvalue weighted by atomic mass is 10.1. The van der Waals surface area contributed by atoms with Crippen LogP contribution in [0, 0.1) is 0 Å². The third-order valence-electron chi connectivity index (χ3n) is 2.93. The van der Waals surface area contributed by atoms with Gasteiger partial charge in [0.25, 0.3) is 0 Å². The van der Waals surface area contributed by atoms with Gasteiger partial charge in [-0.3, -0.25) is 4.98 Å². The van der Waals surface area contributed by atoms with Gasteiger partial charge in [-0.1, -0.05) is 6.92 Å². The van der Waals surface area contributed by atoms with Crippen molar-refractivity contribution in [3.8, 4) is 0 Å². The maximum Gasteiger partial charge on any atom is 0.151 e. The van der Waals surface area contributed by atoms with E-state index in [9.17, 15) is 8.42 Å². The number of hydrogen-bond donors (Lipinski definition) is 1. The van der Waals surface area contributed by atoms with Crippen molar-refractivity contribution in [2.75, 3.05) is 12.8 Å². The molecule has 4 nitrogen and oxygen atoms in total. The van der Waals surface area contributed by atoms with Crippen LogP contribution >= 0.6 is 15.9 Å². The number of aromatic nitrogens is 1. The van der Waals surface area contributed by atoms with E-state index in [0.717, 1.165) is 16.7 Å². The van der Waals surface area contributed by atoms with Crippen LogP contribution in [-0.2, 0) is 16.3 Å². The normalized spacial score (nSPS) is 15.3. The molecular weight excluding hydrogens is 316 g/mol. The average Bonchev–Trinajstić information content (AvgIpc) is 2.29. The van der Waals surface area contributed by atoms with Gasteiger partial charge in [-0.25, -0.2) is 8.42 Å². The molecule has 1 rings (SSSR count). The first-order chi connectivity index (χ1) is 8.34. The molecule has 0 aliphatic heterocycles. The van der Waals surface area contributed by atoms with E-state index in [1.165, 1.54) is 6.26 Å². The third-order valence-corrected chi connectivity index (χ3v) is 5.07. The van der Waals surface area contributed by atoms with Gasteiger partial charge in [-0.2, -0.15) is 0 Å². The van der Waals surface area contributed by atoms with E-state index < -0.39 is 15.1 Å². The Morgan fingerprint density at radius 2 is 2.11 bits per heavy atom. The molecule has 0 aliphatic carbocycles. The molecule has 0 fully saturated rings. The molecule has 0 saturated carbocycles. The number of rotatable bonds is 6. The van der Waals surface area contributed by atoms with Crippen LogP contribution in [0.3, 0.4) is 0 Å². The monoisotopic (exact) mass is 334 g/mol. The van der Waals surface area contributed by atoms with Crippen molar-refractivity contribution in [1.82, 2.24) is 10.3 Å². The number of halogens is 1. The summed E-state index contributed by atoms with van der Waals surface area (Å²) < 4.78 is 24.2. The molecular formula is C12H19BrN2O2S. The van der Waals surface area contributed by atoms with Crippen molar-refractivity contribution in [2.45, 2.75) is 31.6 Å². The van der Waals surface area contributed by atoms with E-state index in [0.29, 0.717) is 6.42 Å². The number of pyridine rings is 1. The van der Waals surface area contributed by atoms with Crippen molar-refractivity contribution in [3.05, 3.63) is 28.5 Å². The minimum absolute atomic E-state index is 0.112. The van der Waals surface area contributed by atoms with Crippen molar-refractivity contribution >= 4 is 25.8 Å². The Kier molecular flexibility index (Phi) is 5.75. The van der Waals surface area contributed by atoms with Crippen molar-refractivity contribution in [2.24, 2.45) is 0 Å². The molecule has 18 heavy (non-hydrogen) atoms. The Hall–Kier alpha value is -0.460. The molecule has 102 valence electrons. The third kappa shape index (κ3) is 4.66. The molecule has 2 atom stereocenters. The molecule has 0 aliphatic rings. The summed E-state index contributed by atoms with van der Waals surface area (Å²) >= 11 is 3.33. The Labute approximate surface area is 117 Å². The first kappa shape index (κ1) is 15.6. The lowest BCUT2D eigenvalue weighted by molar-refractivity contribution is 0.490. The minimum Gasteiger partial charge on any atom is -0.313 e. The van der Waals surface area contributed by atoms with Gasteiger partial charge in [0.15, 0.2) is 9.84 Å². The number of nitrogens with one attached hydrogen (secondary N) is 1. The van der Waals surface area contributed by atoms with Crippen LogP contribution in [-0.4, -0.2) is 37.5 Å². The second kappa shape index (κ2) is 6.63.